The first kappa shape index (κ1) is 108. The zero-order valence-corrected chi connectivity index (χ0v) is 73.4. The maximum absolute atomic E-state index is 13.5. The average molecular weight is 1650 g/mol. The van der Waals surface area contributed by atoms with Crippen LogP contribution in [-0.4, -0.2) is 193 Å². The van der Waals surface area contributed by atoms with Gasteiger partial charge in [0, 0.05) is 6.42 Å². The van der Waals surface area contributed by atoms with Crippen molar-refractivity contribution in [2.75, 3.05) is 26.4 Å². The van der Waals surface area contributed by atoms with E-state index in [4.69, 9.17) is 28.4 Å². The van der Waals surface area contributed by atoms with Gasteiger partial charge in [-0.1, -0.05) is 393 Å². The molecule has 3 saturated heterocycles. The number of ether oxygens (including phenoxy) is 6. The number of amides is 1. The van der Waals surface area contributed by atoms with E-state index in [9.17, 15) is 61.0 Å². The van der Waals surface area contributed by atoms with Gasteiger partial charge in [-0.05, 0) is 83.5 Å². The lowest BCUT2D eigenvalue weighted by molar-refractivity contribution is -0.379. The Labute approximate surface area is 710 Å². The smallest absolute Gasteiger partial charge is 0.220 e. The fraction of sp³-hybridized carbons (Fsp3) is 0.806. The molecule has 17 unspecified atom stereocenters. The van der Waals surface area contributed by atoms with E-state index in [0.717, 1.165) is 103 Å². The van der Waals surface area contributed by atoms with Gasteiger partial charge in [-0.15, -0.1) is 0 Å². The third kappa shape index (κ3) is 54.0. The number of allylic oxidation sites excluding steroid dienone is 17. The van der Waals surface area contributed by atoms with Gasteiger partial charge >= 0.3 is 0 Å². The summed E-state index contributed by atoms with van der Waals surface area (Å²) in [6.07, 6.45) is 81.0. The summed E-state index contributed by atoms with van der Waals surface area (Å²) >= 11 is 0. The Bertz CT molecular complexity index is 2540. The van der Waals surface area contributed by atoms with Crippen LogP contribution in [-0.2, 0) is 33.2 Å². The molecular weight excluding hydrogens is 1480 g/mol. The summed E-state index contributed by atoms with van der Waals surface area (Å²) in [7, 11) is 0. The maximum atomic E-state index is 13.5. The summed E-state index contributed by atoms with van der Waals surface area (Å²) in [4.78, 5) is 13.5. The topological polar surface area (TPSA) is 307 Å². The minimum atomic E-state index is -1.98. The molecule has 0 aliphatic carbocycles. The van der Waals surface area contributed by atoms with Gasteiger partial charge in [0.05, 0.1) is 38.6 Å². The molecule has 19 nitrogen and oxygen atoms in total. The van der Waals surface area contributed by atoms with Gasteiger partial charge in [0.2, 0.25) is 5.91 Å². The highest BCUT2D eigenvalue weighted by Gasteiger charge is 2.54. The Balaban J connectivity index is 1.31. The van der Waals surface area contributed by atoms with Crippen LogP contribution in [0.25, 0.3) is 0 Å². The number of carbonyl (C=O) groups excluding carboxylic acids is 1. The Morgan fingerprint density at radius 1 is 0.316 bits per heavy atom. The highest BCUT2D eigenvalue weighted by molar-refractivity contribution is 5.76. The second-order valence-electron chi connectivity index (χ2n) is 33.5. The predicted molar refractivity (Wildman–Crippen MR) is 475 cm³/mol. The molecule has 0 aromatic carbocycles. The Kier molecular flexibility index (Phi) is 70.0. The van der Waals surface area contributed by atoms with Gasteiger partial charge in [-0.3, -0.25) is 4.79 Å². The van der Waals surface area contributed by atoms with Crippen LogP contribution in [0.1, 0.15) is 373 Å². The number of carbonyl (C=O) groups is 1. The van der Waals surface area contributed by atoms with Crippen LogP contribution in [0.4, 0.5) is 0 Å². The molecule has 12 N–H and O–H groups in total. The quantitative estimate of drug-likeness (QED) is 0.0199. The standard InChI is InChI=1S/C98H173NO18/c1-3-5-7-9-11-13-15-17-19-21-23-25-27-29-31-33-35-37-38-39-40-41-42-44-46-48-50-52-54-56-58-60-62-64-66-68-70-72-74-76-86(104)99-81(82(103)75-73-71-69-67-65-63-61-59-57-55-53-51-49-47-45-43-36-34-32-30-28-26-24-22-20-18-16-14-12-10-8-6-4-2)80-112-96-92(110)89(107)94(84(78-101)114-96)117-98-93(111)90(108)95(85(79-102)115-98)116-97-91(109)88(106)87(105)83(77-100)113-97/h5,7,11,13,17,19,23,25,29,31,35,37,39-40,42,44,73,75,81-85,87-98,100-103,105-111H,3-4,6,8-10,12,14-16,18,20-22,24,26-28,30,32-34,36,38,41,43,45-72,74,76-80H2,1-2H3,(H,99,104)/b7-5-,13-11-,19-17-,25-23-,31-29-,37-35-,40-39-,44-42-,75-73+. The first-order chi connectivity index (χ1) is 57.3. The molecule has 0 radical (unpaired) electrons. The van der Waals surface area contributed by atoms with Gasteiger partial charge < -0.3 is 89.9 Å². The molecule has 3 aliphatic heterocycles. The first-order valence-corrected chi connectivity index (χ1v) is 47.6. The van der Waals surface area contributed by atoms with E-state index >= 15 is 0 Å². The Morgan fingerprint density at radius 2 is 0.590 bits per heavy atom. The van der Waals surface area contributed by atoms with Gasteiger partial charge in [0.1, 0.15) is 73.2 Å². The van der Waals surface area contributed by atoms with Crippen molar-refractivity contribution in [2.24, 2.45) is 0 Å². The largest absolute Gasteiger partial charge is 0.394 e. The molecule has 0 spiro atoms. The van der Waals surface area contributed by atoms with E-state index < -0.39 is 124 Å². The summed E-state index contributed by atoms with van der Waals surface area (Å²) < 4.78 is 34.6. The molecule has 3 rings (SSSR count). The monoisotopic (exact) mass is 1650 g/mol. The van der Waals surface area contributed by atoms with Crippen LogP contribution in [0.5, 0.6) is 0 Å². The highest BCUT2D eigenvalue weighted by Crippen LogP contribution is 2.34. The highest BCUT2D eigenvalue weighted by atomic mass is 16.8. The van der Waals surface area contributed by atoms with Crippen molar-refractivity contribution in [2.45, 2.75) is 478 Å². The first-order valence-electron chi connectivity index (χ1n) is 47.6. The number of aliphatic hydroxyl groups excluding tert-OH is 11. The van der Waals surface area contributed by atoms with E-state index in [-0.39, 0.29) is 18.9 Å². The van der Waals surface area contributed by atoms with Crippen molar-refractivity contribution in [3.63, 3.8) is 0 Å². The molecule has 3 heterocycles. The van der Waals surface area contributed by atoms with Gasteiger partial charge in [0.25, 0.3) is 0 Å². The van der Waals surface area contributed by atoms with E-state index in [1.54, 1.807) is 6.08 Å². The Hall–Kier alpha value is -3.55. The molecule has 0 aromatic rings. The number of nitrogens with one attached hydrogen (secondary N) is 1. The van der Waals surface area contributed by atoms with Gasteiger partial charge in [0.15, 0.2) is 18.9 Å². The summed E-state index contributed by atoms with van der Waals surface area (Å²) in [5.41, 5.74) is 0. The van der Waals surface area contributed by atoms with E-state index in [1.807, 2.05) is 6.08 Å². The summed E-state index contributed by atoms with van der Waals surface area (Å²) in [5.74, 6) is -0.275. The molecule has 3 fully saturated rings. The van der Waals surface area contributed by atoms with Crippen molar-refractivity contribution in [1.29, 1.82) is 0 Å². The third-order valence-electron chi connectivity index (χ3n) is 23.1. The van der Waals surface area contributed by atoms with Gasteiger partial charge in [-0.2, -0.15) is 0 Å². The fourth-order valence-electron chi connectivity index (χ4n) is 15.6. The number of hydrogen-bond donors (Lipinski definition) is 12. The lowest BCUT2D eigenvalue weighted by Gasteiger charge is -2.48. The molecule has 3 aliphatic rings. The zero-order chi connectivity index (χ0) is 84.5. The maximum Gasteiger partial charge on any atom is 0.220 e. The average Bonchev–Trinajstić information content (AvgIpc) is 0.777. The van der Waals surface area contributed by atoms with Crippen molar-refractivity contribution >= 4 is 5.91 Å². The summed E-state index contributed by atoms with van der Waals surface area (Å²) in [6.45, 7) is 1.67. The van der Waals surface area contributed by atoms with E-state index in [2.05, 4.69) is 116 Å². The lowest BCUT2D eigenvalue weighted by atomic mass is 9.96. The lowest BCUT2D eigenvalue weighted by Crippen LogP contribution is -2.66. The van der Waals surface area contributed by atoms with Crippen molar-refractivity contribution in [3.05, 3.63) is 109 Å². The molecule has 0 aromatic heterocycles. The molecule has 17 atom stereocenters. The zero-order valence-electron chi connectivity index (χ0n) is 73.4. The number of aliphatic hydroxyl groups is 11. The van der Waals surface area contributed by atoms with Crippen molar-refractivity contribution < 1.29 is 89.4 Å². The number of unbranched alkanes of at least 4 members (excludes halogenated alkanes) is 45. The summed E-state index contributed by atoms with van der Waals surface area (Å²) in [5, 5.41) is 121. The SMILES string of the molecule is CC/C=C\C/C=C\C/C=C\C/C=C\C/C=C\C/C=C\C/C=C\C/C=C\CCCCCCCCCCCCCCCCC(=O)NC(COC1OC(CO)C(OC2OC(CO)C(OC3OC(CO)C(O)C(O)C3O)C(O)C2O)C(O)C1O)C(O)/C=C/CCCCCCCCCCCCCCCCCCCCCCCCCCCCCCCCC. The predicted octanol–water partition coefficient (Wildman–Crippen LogP) is 19.2. The van der Waals surface area contributed by atoms with Crippen LogP contribution in [0, 0.1) is 0 Å². The van der Waals surface area contributed by atoms with Crippen LogP contribution in [0.2, 0.25) is 0 Å². The molecule has 1 amide bonds. The molecular formula is C98H173NO18. The van der Waals surface area contributed by atoms with Crippen LogP contribution in [0.15, 0.2) is 109 Å². The number of hydrogen-bond acceptors (Lipinski definition) is 18. The minimum Gasteiger partial charge on any atom is -0.394 e. The van der Waals surface area contributed by atoms with E-state index in [1.165, 1.54) is 244 Å². The molecule has 0 saturated carbocycles. The normalized spacial score (nSPS) is 24.9. The molecule has 0 bridgehead atoms. The Morgan fingerprint density at radius 3 is 0.923 bits per heavy atom. The van der Waals surface area contributed by atoms with Crippen LogP contribution >= 0.6 is 0 Å². The second-order valence-corrected chi connectivity index (χ2v) is 33.5. The van der Waals surface area contributed by atoms with E-state index in [0.29, 0.717) is 6.42 Å². The molecule has 117 heavy (non-hydrogen) atoms. The third-order valence-corrected chi connectivity index (χ3v) is 23.1. The fourth-order valence-corrected chi connectivity index (χ4v) is 15.6. The van der Waals surface area contributed by atoms with Crippen LogP contribution in [0.3, 0.4) is 0 Å². The molecule has 19 heteroatoms. The van der Waals surface area contributed by atoms with Crippen LogP contribution < -0.4 is 5.32 Å². The van der Waals surface area contributed by atoms with Gasteiger partial charge in [-0.25, -0.2) is 0 Å². The molecule has 678 valence electrons. The van der Waals surface area contributed by atoms with Crippen molar-refractivity contribution in [1.82, 2.24) is 5.32 Å². The second kappa shape index (κ2) is 76.1. The van der Waals surface area contributed by atoms with Crippen molar-refractivity contribution in [3.8, 4) is 0 Å². The summed E-state index contributed by atoms with van der Waals surface area (Å²) in [6, 6.07) is -0.982. The minimum absolute atomic E-state index is 0.238. The number of rotatable bonds is 77.